The first-order valence-corrected chi connectivity index (χ1v) is 8.02. The Morgan fingerprint density at radius 1 is 1.45 bits per heavy atom. The van der Waals surface area contributed by atoms with Gasteiger partial charge in [-0.3, -0.25) is 9.59 Å². The number of hydrogen-bond donors (Lipinski definition) is 0. The summed E-state index contributed by atoms with van der Waals surface area (Å²) in [5.41, 5.74) is 0.753. The van der Waals surface area contributed by atoms with Gasteiger partial charge in [0.25, 0.3) is 0 Å². The van der Waals surface area contributed by atoms with Gasteiger partial charge in [-0.25, -0.2) is 0 Å². The van der Waals surface area contributed by atoms with E-state index in [1.54, 1.807) is 0 Å². The number of carbonyl (C=O) groups is 2. The number of fused-ring (bicyclic) bond motifs is 2. The fourth-order valence-corrected chi connectivity index (χ4v) is 3.73. The highest BCUT2D eigenvalue weighted by atomic mass is 16.6. The second kappa shape index (κ2) is 5.37. The van der Waals surface area contributed by atoms with Crippen molar-refractivity contribution in [2.24, 2.45) is 11.8 Å². The average molecular weight is 308 g/mol. The van der Waals surface area contributed by atoms with Crippen molar-refractivity contribution in [3.8, 4) is 0 Å². The van der Waals surface area contributed by atoms with E-state index in [-0.39, 0.29) is 47.7 Å². The maximum absolute atomic E-state index is 11.9. The predicted molar refractivity (Wildman–Crippen MR) is 79.0 cm³/mol. The van der Waals surface area contributed by atoms with Crippen LogP contribution in [-0.2, 0) is 23.8 Å². The molecule has 6 unspecified atom stereocenters. The van der Waals surface area contributed by atoms with Crippen molar-refractivity contribution in [1.29, 1.82) is 0 Å². The molecule has 122 valence electrons. The summed E-state index contributed by atoms with van der Waals surface area (Å²) in [6.45, 7) is 7.39. The van der Waals surface area contributed by atoms with E-state index in [1.165, 1.54) is 6.92 Å². The molecule has 3 aliphatic rings. The van der Waals surface area contributed by atoms with Gasteiger partial charge in [0.15, 0.2) is 0 Å². The van der Waals surface area contributed by atoms with Crippen molar-refractivity contribution < 1.29 is 23.8 Å². The highest BCUT2D eigenvalue weighted by Crippen LogP contribution is 2.48. The minimum atomic E-state index is -0.275. The number of allylic oxidation sites excluding steroid dienone is 1. The maximum atomic E-state index is 11.9. The molecule has 1 aliphatic carbocycles. The fourth-order valence-electron chi connectivity index (χ4n) is 3.73. The number of esters is 2. The van der Waals surface area contributed by atoms with Crippen molar-refractivity contribution >= 4 is 11.9 Å². The Labute approximate surface area is 131 Å². The molecule has 0 spiro atoms. The van der Waals surface area contributed by atoms with Crippen LogP contribution >= 0.6 is 0 Å². The molecule has 0 saturated carbocycles. The summed E-state index contributed by atoms with van der Waals surface area (Å²) in [6, 6.07) is 0. The van der Waals surface area contributed by atoms with Crippen LogP contribution < -0.4 is 0 Å². The van der Waals surface area contributed by atoms with Crippen molar-refractivity contribution in [3.05, 3.63) is 11.6 Å². The molecular formula is C17H24O5. The summed E-state index contributed by atoms with van der Waals surface area (Å²) in [5, 5.41) is 0. The molecule has 0 amide bonds. The van der Waals surface area contributed by atoms with Crippen LogP contribution in [0.2, 0.25) is 0 Å². The van der Waals surface area contributed by atoms with Crippen molar-refractivity contribution in [1.82, 2.24) is 0 Å². The quantitative estimate of drug-likeness (QED) is 0.423. The Morgan fingerprint density at radius 2 is 2.18 bits per heavy atom. The average Bonchev–Trinajstić information content (AvgIpc) is 2.97. The van der Waals surface area contributed by atoms with Gasteiger partial charge >= 0.3 is 11.9 Å². The first kappa shape index (κ1) is 15.5. The zero-order valence-corrected chi connectivity index (χ0v) is 13.6. The van der Waals surface area contributed by atoms with Crippen LogP contribution in [0, 0.1) is 11.8 Å². The minimum Gasteiger partial charge on any atom is -0.462 e. The number of hydrogen-bond acceptors (Lipinski definition) is 5. The zero-order chi connectivity index (χ0) is 16.1. The lowest BCUT2D eigenvalue weighted by Crippen LogP contribution is -2.29. The van der Waals surface area contributed by atoms with Gasteiger partial charge in [0.2, 0.25) is 0 Å². The number of epoxide rings is 1. The van der Waals surface area contributed by atoms with Gasteiger partial charge in [0.1, 0.15) is 12.2 Å². The molecule has 0 aromatic heterocycles. The third kappa shape index (κ3) is 2.78. The Morgan fingerprint density at radius 3 is 2.86 bits per heavy atom. The van der Waals surface area contributed by atoms with Gasteiger partial charge in [-0.2, -0.15) is 0 Å². The number of carbonyl (C=O) groups excluding carboxylic acids is 2. The maximum Gasteiger partial charge on any atom is 0.309 e. The largest absolute Gasteiger partial charge is 0.462 e. The van der Waals surface area contributed by atoms with Crippen LogP contribution in [0.5, 0.6) is 0 Å². The third-order valence-corrected chi connectivity index (χ3v) is 5.36. The van der Waals surface area contributed by atoms with Gasteiger partial charge in [-0.05, 0) is 25.8 Å². The standard InChI is InChI=1S/C17H24O5/c1-9-5-6-12-10(2)16(19)21-14(12)8-17(4)15(22-17)7-13(9)20-11(3)18/h5,10,12-15H,6-8H2,1-4H3. The molecule has 2 fully saturated rings. The molecule has 0 N–H and O–H groups in total. The molecule has 0 bridgehead atoms. The normalized spacial score (nSPS) is 44.3. The van der Waals surface area contributed by atoms with Gasteiger partial charge in [-0.1, -0.05) is 13.0 Å². The molecule has 6 atom stereocenters. The highest BCUT2D eigenvalue weighted by molar-refractivity contribution is 5.75. The highest BCUT2D eigenvalue weighted by Gasteiger charge is 2.57. The lowest BCUT2D eigenvalue weighted by molar-refractivity contribution is -0.145. The van der Waals surface area contributed by atoms with E-state index in [0.29, 0.717) is 6.42 Å². The monoisotopic (exact) mass is 308 g/mol. The smallest absolute Gasteiger partial charge is 0.309 e. The predicted octanol–water partition coefficient (Wildman–Crippen LogP) is 2.38. The van der Waals surface area contributed by atoms with Crippen molar-refractivity contribution in [3.63, 3.8) is 0 Å². The van der Waals surface area contributed by atoms with E-state index in [0.717, 1.165) is 18.4 Å². The van der Waals surface area contributed by atoms with Crippen LogP contribution in [0.25, 0.3) is 0 Å². The minimum absolute atomic E-state index is 0.0496. The molecular weight excluding hydrogens is 284 g/mol. The third-order valence-electron chi connectivity index (χ3n) is 5.36. The number of ether oxygens (including phenoxy) is 3. The molecule has 22 heavy (non-hydrogen) atoms. The Balaban J connectivity index is 1.85. The van der Waals surface area contributed by atoms with Gasteiger partial charge < -0.3 is 14.2 Å². The molecule has 3 rings (SSSR count). The lowest BCUT2D eigenvalue weighted by Gasteiger charge is -2.24. The fraction of sp³-hybridized carbons (Fsp3) is 0.765. The van der Waals surface area contributed by atoms with Gasteiger partial charge in [0, 0.05) is 25.7 Å². The first-order chi connectivity index (χ1) is 10.3. The molecule has 5 heteroatoms. The second-order valence-electron chi connectivity index (χ2n) is 7.07. The topological polar surface area (TPSA) is 65.1 Å². The van der Waals surface area contributed by atoms with Crippen LogP contribution in [0.1, 0.15) is 47.0 Å². The van der Waals surface area contributed by atoms with E-state index in [2.05, 4.69) is 13.0 Å². The summed E-state index contributed by atoms with van der Waals surface area (Å²) in [5.74, 6) is -0.318. The summed E-state index contributed by atoms with van der Waals surface area (Å²) < 4.78 is 16.9. The molecule has 0 aromatic carbocycles. The van der Waals surface area contributed by atoms with Crippen LogP contribution in [0.4, 0.5) is 0 Å². The first-order valence-electron chi connectivity index (χ1n) is 8.02. The molecule has 2 aliphatic heterocycles. The Kier molecular flexibility index (Phi) is 3.79. The van der Waals surface area contributed by atoms with Gasteiger partial charge in [-0.15, -0.1) is 0 Å². The lowest BCUT2D eigenvalue weighted by atomic mass is 9.81. The zero-order valence-electron chi connectivity index (χ0n) is 13.6. The Hall–Kier alpha value is -1.36. The molecule has 2 saturated heterocycles. The molecule has 0 radical (unpaired) electrons. The van der Waals surface area contributed by atoms with Crippen molar-refractivity contribution in [2.75, 3.05) is 0 Å². The van der Waals surface area contributed by atoms with Crippen molar-refractivity contribution in [2.45, 2.75) is 70.9 Å². The van der Waals surface area contributed by atoms with E-state index in [4.69, 9.17) is 14.2 Å². The van der Waals surface area contributed by atoms with Crippen LogP contribution in [-0.4, -0.2) is 35.9 Å². The van der Waals surface area contributed by atoms with E-state index in [9.17, 15) is 9.59 Å². The van der Waals surface area contributed by atoms with E-state index >= 15 is 0 Å². The second-order valence-corrected chi connectivity index (χ2v) is 7.07. The van der Waals surface area contributed by atoms with Crippen LogP contribution in [0.15, 0.2) is 11.6 Å². The SMILES string of the molecule is CC(=O)OC1CC2OC2(C)CC2OC(=O)C(C)C2CC=C1C. The number of rotatable bonds is 1. The van der Waals surface area contributed by atoms with E-state index in [1.807, 2.05) is 13.8 Å². The van der Waals surface area contributed by atoms with Crippen LogP contribution in [0.3, 0.4) is 0 Å². The summed E-state index contributed by atoms with van der Waals surface area (Å²) >= 11 is 0. The molecule has 5 nitrogen and oxygen atoms in total. The van der Waals surface area contributed by atoms with E-state index < -0.39 is 0 Å². The molecule has 0 aromatic rings. The summed E-state index contributed by atoms with van der Waals surface area (Å²) in [7, 11) is 0. The summed E-state index contributed by atoms with van der Waals surface area (Å²) in [6.07, 6.45) is 3.98. The molecule has 2 heterocycles. The summed E-state index contributed by atoms with van der Waals surface area (Å²) in [4.78, 5) is 23.2. The Bertz CT molecular complexity index is 525. The van der Waals surface area contributed by atoms with Gasteiger partial charge in [0.05, 0.1) is 17.6 Å².